The van der Waals surface area contributed by atoms with Crippen molar-refractivity contribution in [2.24, 2.45) is 0 Å². The van der Waals surface area contributed by atoms with E-state index in [1.807, 2.05) is 6.92 Å². The first-order valence-corrected chi connectivity index (χ1v) is 11.9. The average molecular weight is 409 g/mol. The van der Waals surface area contributed by atoms with Crippen molar-refractivity contribution in [2.75, 3.05) is 16.7 Å². The molecule has 0 saturated heterocycles. The van der Waals surface area contributed by atoms with Crippen molar-refractivity contribution in [3.05, 3.63) is 35.7 Å². The monoisotopic (exact) mass is 408 g/mol. The summed E-state index contributed by atoms with van der Waals surface area (Å²) in [5, 5.41) is 9.26. The van der Waals surface area contributed by atoms with Gasteiger partial charge in [-0.15, -0.1) is 10.2 Å². The number of rotatable bonds is 7. The number of aryl methyl sites for hydroxylation is 1. The van der Waals surface area contributed by atoms with E-state index in [1.54, 1.807) is 24.3 Å². The zero-order valence-electron chi connectivity index (χ0n) is 15.5. The Morgan fingerprint density at radius 2 is 1.85 bits per heavy atom. The number of aromatic nitrogens is 3. The SMILES string of the molecule is Cc1nnc(SCC(=O)c2ccc(NS(C)(=O)=O)cc2)n1C1CCCCC1. The molecule has 0 unspecified atom stereocenters. The Hall–Kier alpha value is -1.87. The molecule has 2 aromatic rings. The zero-order valence-corrected chi connectivity index (χ0v) is 17.1. The van der Waals surface area contributed by atoms with Crippen LogP contribution in [0.5, 0.6) is 0 Å². The summed E-state index contributed by atoms with van der Waals surface area (Å²) < 4.78 is 27.1. The maximum Gasteiger partial charge on any atom is 0.229 e. The van der Waals surface area contributed by atoms with Gasteiger partial charge in [0.25, 0.3) is 0 Å². The first kappa shape index (κ1) is 19.9. The van der Waals surface area contributed by atoms with Crippen LogP contribution in [0.25, 0.3) is 0 Å². The molecule has 0 spiro atoms. The van der Waals surface area contributed by atoms with Gasteiger partial charge in [-0.1, -0.05) is 31.0 Å². The fourth-order valence-corrected chi connectivity index (χ4v) is 4.87. The molecule has 146 valence electrons. The van der Waals surface area contributed by atoms with Crippen molar-refractivity contribution < 1.29 is 13.2 Å². The molecule has 0 aliphatic heterocycles. The maximum absolute atomic E-state index is 12.5. The number of hydrogen-bond donors (Lipinski definition) is 1. The van der Waals surface area contributed by atoms with Gasteiger partial charge in [-0.25, -0.2) is 8.42 Å². The van der Waals surface area contributed by atoms with Crippen molar-refractivity contribution in [2.45, 2.75) is 50.2 Å². The molecule has 1 fully saturated rings. The summed E-state index contributed by atoms with van der Waals surface area (Å²) in [6, 6.07) is 6.87. The van der Waals surface area contributed by atoms with Gasteiger partial charge in [0.1, 0.15) is 5.82 Å². The van der Waals surface area contributed by atoms with Gasteiger partial charge in [0.15, 0.2) is 10.9 Å². The molecule has 0 amide bonds. The predicted molar refractivity (Wildman–Crippen MR) is 107 cm³/mol. The van der Waals surface area contributed by atoms with Crippen molar-refractivity contribution in [1.82, 2.24) is 14.8 Å². The van der Waals surface area contributed by atoms with Crippen LogP contribution in [0.15, 0.2) is 29.4 Å². The fraction of sp³-hybridized carbons (Fsp3) is 0.500. The third kappa shape index (κ3) is 5.32. The number of nitrogens with one attached hydrogen (secondary N) is 1. The van der Waals surface area contributed by atoms with E-state index in [0.717, 1.165) is 30.1 Å². The van der Waals surface area contributed by atoms with Crippen LogP contribution in [-0.4, -0.2) is 41.0 Å². The number of ketones is 1. The molecule has 1 saturated carbocycles. The smallest absolute Gasteiger partial charge is 0.229 e. The van der Waals surface area contributed by atoms with E-state index < -0.39 is 10.0 Å². The van der Waals surface area contributed by atoms with E-state index in [2.05, 4.69) is 19.5 Å². The number of hydrogen-bond acceptors (Lipinski definition) is 6. The Morgan fingerprint density at radius 3 is 2.48 bits per heavy atom. The first-order chi connectivity index (χ1) is 12.8. The highest BCUT2D eigenvalue weighted by Crippen LogP contribution is 2.32. The molecular formula is C18H24N4O3S2. The number of Topliss-reactive ketones (excluding diaryl/α,β-unsaturated/α-hetero) is 1. The van der Waals surface area contributed by atoms with Gasteiger partial charge in [0.05, 0.1) is 12.0 Å². The molecule has 0 atom stereocenters. The minimum absolute atomic E-state index is 0.0262. The number of anilines is 1. The second-order valence-electron chi connectivity index (χ2n) is 6.86. The number of sulfonamides is 1. The summed E-state index contributed by atoms with van der Waals surface area (Å²) in [7, 11) is -3.33. The minimum Gasteiger partial charge on any atom is -0.303 e. The van der Waals surface area contributed by atoms with E-state index in [9.17, 15) is 13.2 Å². The van der Waals surface area contributed by atoms with Gasteiger partial charge in [-0.2, -0.15) is 0 Å². The third-order valence-electron chi connectivity index (χ3n) is 4.62. The molecular weight excluding hydrogens is 384 g/mol. The average Bonchev–Trinajstić information content (AvgIpc) is 3.00. The highest BCUT2D eigenvalue weighted by molar-refractivity contribution is 7.99. The molecule has 1 aromatic carbocycles. The van der Waals surface area contributed by atoms with Crippen LogP contribution in [0.1, 0.15) is 54.3 Å². The molecule has 3 rings (SSSR count). The molecule has 27 heavy (non-hydrogen) atoms. The third-order valence-corrected chi connectivity index (χ3v) is 6.17. The predicted octanol–water partition coefficient (Wildman–Crippen LogP) is 3.44. The second kappa shape index (κ2) is 8.43. The van der Waals surface area contributed by atoms with E-state index in [-0.39, 0.29) is 11.5 Å². The Labute approximate surface area is 164 Å². The highest BCUT2D eigenvalue weighted by atomic mass is 32.2. The van der Waals surface area contributed by atoms with E-state index in [4.69, 9.17) is 0 Å². The van der Waals surface area contributed by atoms with Gasteiger partial charge in [-0.05, 0) is 44.0 Å². The summed E-state index contributed by atoms with van der Waals surface area (Å²) in [4.78, 5) is 12.5. The number of carbonyl (C=O) groups is 1. The number of carbonyl (C=O) groups excluding carboxylic acids is 1. The van der Waals surface area contributed by atoms with Gasteiger partial charge >= 0.3 is 0 Å². The highest BCUT2D eigenvalue weighted by Gasteiger charge is 2.22. The fourth-order valence-electron chi connectivity index (χ4n) is 3.36. The summed E-state index contributed by atoms with van der Waals surface area (Å²) >= 11 is 1.41. The maximum atomic E-state index is 12.5. The minimum atomic E-state index is -3.33. The topological polar surface area (TPSA) is 94.0 Å². The Kier molecular flexibility index (Phi) is 6.21. The summed E-state index contributed by atoms with van der Waals surface area (Å²) in [5.41, 5.74) is 0.983. The van der Waals surface area contributed by atoms with E-state index in [0.29, 0.717) is 17.3 Å². The van der Waals surface area contributed by atoms with E-state index >= 15 is 0 Å². The molecule has 1 heterocycles. The van der Waals surface area contributed by atoms with Crippen LogP contribution in [0.4, 0.5) is 5.69 Å². The quantitative estimate of drug-likeness (QED) is 0.557. The van der Waals surface area contributed by atoms with Gasteiger partial charge < -0.3 is 4.57 Å². The lowest BCUT2D eigenvalue weighted by Gasteiger charge is -2.24. The molecule has 1 aromatic heterocycles. The normalized spacial score (nSPS) is 15.6. The summed E-state index contributed by atoms with van der Waals surface area (Å²) in [5.74, 6) is 1.14. The Bertz CT molecular complexity index is 901. The van der Waals surface area contributed by atoms with Crippen molar-refractivity contribution in [1.29, 1.82) is 0 Å². The van der Waals surface area contributed by atoms with Crippen LogP contribution < -0.4 is 4.72 Å². The van der Waals surface area contributed by atoms with Crippen molar-refractivity contribution in [3.63, 3.8) is 0 Å². The molecule has 0 radical (unpaired) electrons. The Balaban J connectivity index is 1.64. The summed E-state index contributed by atoms with van der Waals surface area (Å²) in [6.07, 6.45) is 7.08. The number of thioether (sulfide) groups is 1. The zero-order chi connectivity index (χ0) is 19.4. The standard InChI is InChI=1S/C18H24N4O3S2/c1-13-19-20-18(22(13)16-6-4-3-5-7-16)26-12-17(23)14-8-10-15(11-9-14)21-27(2,24)25/h8-11,16,21H,3-7,12H2,1-2H3. The lowest BCUT2D eigenvalue weighted by molar-refractivity contribution is 0.102. The lowest BCUT2D eigenvalue weighted by atomic mass is 9.95. The van der Waals surface area contributed by atoms with Crippen LogP contribution >= 0.6 is 11.8 Å². The Morgan fingerprint density at radius 1 is 1.19 bits per heavy atom. The number of nitrogens with zero attached hydrogens (tertiary/aromatic N) is 3. The van der Waals surface area contributed by atoms with Crippen LogP contribution in [0, 0.1) is 6.92 Å². The van der Waals surface area contributed by atoms with Gasteiger partial charge in [-0.3, -0.25) is 9.52 Å². The molecule has 0 bridgehead atoms. The van der Waals surface area contributed by atoms with Crippen molar-refractivity contribution in [3.8, 4) is 0 Å². The molecule has 9 heteroatoms. The largest absolute Gasteiger partial charge is 0.303 e. The first-order valence-electron chi connectivity index (χ1n) is 8.99. The lowest BCUT2D eigenvalue weighted by Crippen LogP contribution is -2.15. The van der Waals surface area contributed by atoms with Crippen LogP contribution in [0.2, 0.25) is 0 Å². The van der Waals surface area contributed by atoms with Gasteiger partial charge in [0, 0.05) is 17.3 Å². The molecule has 7 nitrogen and oxygen atoms in total. The molecule has 1 aliphatic rings. The van der Waals surface area contributed by atoms with E-state index in [1.165, 1.54) is 31.0 Å². The second-order valence-corrected chi connectivity index (χ2v) is 9.55. The van der Waals surface area contributed by atoms with Crippen LogP contribution in [-0.2, 0) is 10.0 Å². The van der Waals surface area contributed by atoms with Gasteiger partial charge in [0.2, 0.25) is 10.0 Å². The molecule has 1 N–H and O–H groups in total. The number of benzene rings is 1. The summed E-state index contributed by atoms with van der Waals surface area (Å²) in [6.45, 7) is 1.96. The molecule has 1 aliphatic carbocycles. The van der Waals surface area contributed by atoms with Crippen LogP contribution in [0.3, 0.4) is 0 Å². The van der Waals surface area contributed by atoms with Crippen molar-refractivity contribution >= 4 is 33.3 Å².